The molecule has 1 aromatic carbocycles. The lowest BCUT2D eigenvalue weighted by Crippen LogP contribution is -2.12. The number of nitrogens with one attached hydrogen (secondary N) is 2. The summed E-state index contributed by atoms with van der Waals surface area (Å²) in [6.45, 7) is 8.37. The maximum absolute atomic E-state index is 4.09. The fourth-order valence-electron chi connectivity index (χ4n) is 2.01. The molecule has 1 heterocycles. The summed E-state index contributed by atoms with van der Waals surface area (Å²) in [6.07, 6.45) is 3.55. The number of fused-ring (bicyclic) bond motifs is 1. The molecule has 0 saturated heterocycles. The van der Waals surface area contributed by atoms with Gasteiger partial charge in [-0.3, -0.25) is 0 Å². The molecule has 1 aliphatic heterocycles. The van der Waals surface area contributed by atoms with Gasteiger partial charge in [0.2, 0.25) is 0 Å². The van der Waals surface area contributed by atoms with Crippen LogP contribution in [0.25, 0.3) is 5.70 Å². The molecule has 0 radical (unpaired) electrons. The normalized spacial score (nSPS) is 13.1. The summed E-state index contributed by atoms with van der Waals surface area (Å²) in [5.74, 6) is 0. The molecule has 0 spiro atoms. The number of hydrogen-bond acceptors (Lipinski definition) is 2. The first kappa shape index (κ1) is 11.1. The van der Waals surface area contributed by atoms with Crippen molar-refractivity contribution in [2.75, 3.05) is 18.4 Å². The van der Waals surface area contributed by atoms with Crippen molar-refractivity contribution < 1.29 is 0 Å². The summed E-state index contributed by atoms with van der Waals surface area (Å²) in [7, 11) is 0. The molecule has 0 unspecified atom stereocenters. The molecule has 0 atom stereocenters. The summed E-state index contributed by atoms with van der Waals surface area (Å²) < 4.78 is 0. The standard InChI is InChI=1S/C14H20N2/c1-3-4-8-15-11(2)12-5-6-14-13(10-12)7-9-16-14/h5-6,10,15-16H,2-4,7-9H2,1H3. The SMILES string of the molecule is C=C(NCCCC)c1ccc2c(c1)CCN2. The number of anilines is 1. The molecule has 2 heteroatoms. The Morgan fingerprint density at radius 2 is 2.38 bits per heavy atom. The van der Waals surface area contributed by atoms with Gasteiger partial charge in [0.1, 0.15) is 0 Å². The average molecular weight is 216 g/mol. The summed E-state index contributed by atoms with van der Waals surface area (Å²) >= 11 is 0. The highest BCUT2D eigenvalue weighted by Gasteiger charge is 2.10. The molecule has 0 aromatic heterocycles. The highest BCUT2D eigenvalue weighted by atomic mass is 14.9. The van der Waals surface area contributed by atoms with Crippen LogP contribution >= 0.6 is 0 Å². The number of hydrogen-bond donors (Lipinski definition) is 2. The molecule has 2 N–H and O–H groups in total. The van der Waals surface area contributed by atoms with Crippen LogP contribution in [0, 0.1) is 0 Å². The number of unbranched alkanes of at least 4 members (excludes halogenated alkanes) is 1. The van der Waals surface area contributed by atoms with E-state index in [9.17, 15) is 0 Å². The Kier molecular flexibility index (Phi) is 3.50. The van der Waals surface area contributed by atoms with Crippen LogP contribution in [0.3, 0.4) is 0 Å². The van der Waals surface area contributed by atoms with Crippen LogP contribution in [-0.2, 0) is 6.42 Å². The largest absolute Gasteiger partial charge is 0.385 e. The van der Waals surface area contributed by atoms with Crippen LogP contribution in [0.4, 0.5) is 5.69 Å². The first-order valence-electron chi connectivity index (χ1n) is 6.11. The van der Waals surface area contributed by atoms with E-state index in [0.717, 1.165) is 25.2 Å². The predicted octanol–water partition coefficient (Wildman–Crippen LogP) is 3.02. The van der Waals surface area contributed by atoms with Crippen molar-refractivity contribution in [2.45, 2.75) is 26.2 Å². The van der Waals surface area contributed by atoms with E-state index < -0.39 is 0 Å². The molecule has 2 rings (SSSR count). The summed E-state index contributed by atoms with van der Waals surface area (Å²) in [5, 5.41) is 6.74. The lowest BCUT2D eigenvalue weighted by molar-refractivity contribution is 0.745. The van der Waals surface area contributed by atoms with Crippen molar-refractivity contribution in [1.29, 1.82) is 0 Å². The molecule has 0 saturated carbocycles. The number of benzene rings is 1. The van der Waals surface area contributed by atoms with Crippen LogP contribution in [0.15, 0.2) is 24.8 Å². The minimum absolute atomic E-state index is 1.02. The van der Waals surface area contributed by atoms with Gasteiger partial charge in [-0.1, -0.05) is 26.0 Å². The molecule has 1 aromatic rings. The Hall–Kier alpha value is -1.44. The van der Waals surface area contributed by atoms with Crippen LogP contribution in [0.5, 0.6) is 0 Å². The third-order valence-corrected chi connectivity index (χ3v) is 3.03. The minimum Gasteiger partial charge on any atom is -0.385 e. The molecular formula is C14H20N2. The van der Waals surface area contributed by atoms with E-state index >= 15 is 0 Å². The molecule has 86 valence electrons. The first-order chi connectivity index (χ1) is 7.81. The first-order valence-corrected chi connectivity index (χ1v) is 6.11. The second-order valence-electron chi connectivity index (χ2n) is 4.31. The van der Waals surface area contributed by atoms with E-state index in [4.69, 9.17) is 0 Å². The zero-order valence-electron chi connectivity index (χ0n) is 9.97. The van der Waals surface area contributed by atoms with E-state index in [-0.39, 0.29) is 0 Å². The fourth-order valence-corrected chi connectivity index (χ4v) is 2.01. The Morgan fingerprint density at radius 3 is 3.19 bits per heavy atom. The van der Waals surface area contributed by atoms with Crippen molar-refractivity contribution in [3.05, 3.63) is 35.9 Å². The van der Waals surface area contributed by atoms with Gasteiger partial charge in [0.15, 0.2) is 0 Å². The Morgan fingerprint density at radius 1 is 1.50 bits per heavy atom. The van der Waals surface area contributed by atoms with Crippen molar-refractivity contribution in [3.63, 3.8) is 0 Å². The van der Waals surface area contributed by atoms with Gasteiger partial charge in [-0.05, 0) is 36.1 Å². The summed E-state index contributed by atoms with van der Waals surface area (Å²) in [5.41, 5.74) is 4.96. The monoisotopic (exact) mass is 216 g/mol. The smallest absolute Gasteiger partial charge is 0.0373 e. The van der Waals surface area contributed by atoms with E-state index in [2.05, 4.69) is 42.3 Å². The van der Waals surface area contributed by atoms with Gasteiger partial charge in [0, 0.05) is 24.5 Å². The van der Waals surface area contributed by atoms with Gasteiger partial charge in [-0.25, -0.2) is 0 Å². The van der Waals surface area contributed by atoms with E-state index in [1.165, 1.54) is 29.7 Å². The van der Waals surface area contributed by atoms with E-state index in [1.54, 1.807) is 0 Å². The molecule has 1 aliphatic rings. The molecule has 2 nitrogen and oxygen atoms in total. The fraction of sp³-hybridized carbons (Fsp3) is 0.429. The van der Waals surface area contributed by atoms with Gasteiger partial charge in [-0.2, -0.15) is 0 Å². The van der Waals surface area contributed by atoms with Gasteiger partial charge in [-0.15, -0.1) is 0 Å². The van der Waals surface area contributed by atoms with Crippen molar-refractivity contribution in [1.82, 2.24) is 5.32 Å². The average Bonchev–Trinajstić information content (AvgIpc) is 2.76. The molecular weight excluding hydrogens is 196 g/mol. The Balaban J connectivity index is 2.01. The van der Waals surface area contributed by atoms with E-state index in [1.807, 2.05) is 0 Å². The van der Waals surface area contributed by atoms with Gasteiger partial charge in [0.05, 0.1) is 0 Å². The molecule has 0 fully saturated rings. The quantitative estimate of drug-likeness (QED) is 0.739. The molecule has 0 amide bonds. The van der Waals surface area contributed by atoms with Crippen LogP contribution in [0.1, 0.15) is 30.9 Å². The molecule has 0 bridgehead atoms. The minimum atomic E-state index is 1.02. The predicted molar refractivity (Wildman–Crippen MR) is 70.6 cm³/mol. The van der Waals surface area contributed by atoms with Crippen LogP contribution in [-0.4, -0.2) is 13.1 Å². The molecule has 16 heavy (non-hydrogen) atoms. The maximum Gasteiger partial charge on any atom is 0.0373 e. The third-order valence-electron chi connectivity index (χ3n) is 3.03. The molecule has 0 aliphatic carbocycles. The van der Waals surface area contributed by atoms with Gasteiger partial charge >= 0.3 is 0 Å². The second-order valence-corrected chi connectivity index (χ2v) is 4.31. The second kappa shape index (κ2) is 5.06. The summed E-state index contributed by atoms with van der Waals surface area (Å²) in [4.78, 5) is 0. The van der Waals surface area contributed by atoms with Gasteiger partial charge < -0.3 is 10.6 Å². The maximum atomic E-state index is 4.09. The zero-order chi connectivity index (χ0) is 11.4. The van der Waals surface area contributed by atoms with Crippen LogP contribution < -0.4 is 10.6 Å². The highest BCUT2D eigenvalue weighted by molar-refractivity contribution is 5.67. The zero-order valence-corrected chi connectivity index (χ0v) is 9.97. The lowest BCUT2D eigenvalue weighted by atomic mass is 10.1. The summed E-state index contributed by atoms with van der Waals surface area (Å²) in [6, 6.07) is 6.54. The highest BCUT2D eigenvalue weighted by Crippen LogP contribution is 2.24. The van der Waals surface area contributed by atoms with Gasteiger partial charge in [0.25, 0.3) is 0 Å². The van der Waals surface area contributed by atoms with E-state index in [0.29, 0.717) is 0 Å². The Bertz CT molecular complexity index is 382. The van der Waals surface area contributed by atoms with Crippen molar-refractivity contribution in [2.24, 2.45) is 0 Å². The van der Waals surface area contributed by atoms with Crippen molar-refractivity contribution in [3.8, 4) is 0 Å². The Labute approximate surface area is 97.8 Å². The lowest BCUT2D eigenvalue weighted by Gasteiger charge is -2.10. The van der Waals surface area contributed by atoms with Crippen molar-refractivity contribution >= 4 is 11.4 Å². The topological polar surface area (TPSA) is 24.1 Å². The van der Waals surface area contributed by atoms with Crippen LogP contribution in [0.2, 0.25) is 0 Å². The number of rotatable bonds is 5. The third kappa shape index (κ3) is 2.38.